The largest absolute Gasteiger partial charge is 0.497 e. The predicted molar refractivity (Wildman–Crippen MR) is 63.3 cm³/mol. The van der Waals surface area contributed by atoms with E-state index in [9.17, 15) is 9.59 Å². The summed E-state index contributed by atoms with van der Waals surface area (Å²) in [5.74, 6) is -0.610. The standard InChI is InChI=1S/C12H10N2O4/c1-18-9-4-2-8(3-5-9)14-6-10(12(16)17)11(15)13-7-14/h2-7H,1H3,(H,16,17). The Balaban J connectivity index is 2.47. The highest BCUT2D eigenvalue weighted by molar-refractivity contribution is 5.86. The van der Waals surface area contributed by atoms with Crippen molar-refractivity contribution < 1.29 is 14.6 Å². The fourth-order valence-corrected chi connectivity index (χ4v) is 1.45. The van der Waals surface area contributed by atoms with E-state index < -0.39 is 11.5 Å². The number of methoxy groups -OCH3 is 1. The van der Waals surface area contributed by atoms with Crippen molar-refractivity contribution in [3.05, 3.63) is 52.7 Å². The highest BCUT2D eigenvalue weighted by Gasteiger charge is 2.10. The van der Waals surface area contributed by atoms with Gasteiger partial charge in [-0.05, 0) is 24.3 Å². The number of hydrogen-bond donors (Lipinski definition) is 1. The molecule has 2 rings (SSSR count). The summed E-state index contributed by atoms with van der Waals surface area (Å²) in [6, 6.07) is 6.93. The number of benzene rings is 1. The van der Waals surface area contributed by atoms with Crippen LogP contribution in [0.2, 0.25) is 0 Å². The molecule has 2 aromatic rings. The minimum absolute atomic E-state index is 0.367. The van der Waals surface area contributed by atoms with Crippen LogP contribution in [0.3, 0.4) is 0 Å². The zero-order valence-electron chi connectivity index (χ0n) is 9.53. The molecule has 92 valence electrons. The van der Waals surface area contributed by atoms with Crippen LogP contribution in [-0.2, 0) is 0 Å². The molecule has 0 aliphatic rings. The maximum atomic E-state index is 11.2. The van der Waals surface area contributed by atoms with Gasteiger partial charge in [-0.15, -0.1) is 0 Å². The molecule has 1 aromatic heterocycles. The first-order valence-electron chi connectivity index (χ1n) is 5.08. The minimum atomic E-state index is -1.30. The van der Waals surface area contributed by atoms with Gasteiger partial charge in [0.25, 0.3) is 5.56 Å². The maximum absolute atomic E-state index is 11.2. The fraction of sp³-hybridized carbons (Fsp3) is 0.0833. The van der Waals surface area contributed by atoms with Crippen molar-refractivity contribution in [1.29, 1.82) is 0 Å². The van der Waals surface area contributed by atoms with Crippen molar-refractivity contribution in [3.63, 3.8) is 0 Å². The number of carboxylic acids is 1. The van der Waals surface area contributed by atoms with E-state index in [1.54, 1.807) is 31.4 Å². The SMILES string of the molecule is COc1ccc(-n2cnc(=O)c(C(=O)O)c2)cc1. The van der Waals surface area contributed by atoms with E-state index >= 15 is 0 Å². The number of carboxylic acid groups (broad SMARTS) is 1. The average molecular weight is 246 g/mol. The van der Waals surface area contributed by atoms with Crippen LogP contribution in [-0.4, -0.2) is 27.7 Å². The summed E-state index contributed by atoms with van der Waals surface area (Å²) in [7, 11) is 1.55. The first-order chi connectivity index (χ1) is 8.61. The Hall–Kier alpha value is -2.63. The Labute approximate surface area is 102 Å². The van der Waals surface area contributed by atoms with Gasteiger partial charge >= 0.3 is 5.97 Å². The quantitative estimate of drug-likeness (QED) is 0.871. The molecule has 18 heavy (non-hydrogen) atoms. The van der Waals surface area contributed by atoms with Crippen molar-refractivity contribution in [2.75, 3.05) is 7.11 Å². The topological polar surface area (TPSA) is 81.4 Å². The molecule has 6 heteroatoms. The number of carbonyl (C=O) groups is 1. The molecule has 0 unspecified atom stereocenters. The summed E-state index contributed by atoms with van der Waals surface area (Å²) in [4.78, 5) is 25.6. The van der Waals surface area contributed by atoms with Gasteiger partial charge in [0.1, 0.15) is 17.6 Å². The van der Waals surface area contributed by atoms with E-state index in [0.717, 1.165) is 0 Å². The predicted octanol–water partition coefficient (Wildman–Crippen LogP) is 0.939. The Morgan fingerprint density at radius 1 is 1.33 bits per heavy atom. The highest BCUT2D eigenvalue weighted by atomic mass is 16.5. The van der Waals surface area contributed by atoms with E-state index in [-0.39, 0.29) is 5.56 Å². The van der Waals surface area contributed by atoms with E-state index in [4.69, 9.17) is 9.84 Å². The van der Waals surface area contributed by atoms with E-state index in [2.05, 4.69) is 4.98 Å². The summed E-state index contributed by atoms with van der Waals surface area (Å²) >= 11 is 0. The lowest BCUT2D eigenvalue weighted by Crippen LogP contribution is -2.19. The summed E-state index contributed by atoms with van der Waals surface area (Å²) in [6.45, 7) is 0. The van der Waals surface area contributed by atoms with E-state index in [1.165, 1.54) is 17.1 Å². The molecule has 0 amide bonds. The van der Waals surface area contributed by atoms with Crippen LogP contribution in [0, 0.1) is 0 Å². The second kappa shape index (κ2) is 4.70. The molecule has 0 bridgehead atoms. The summed E-state index contributed by atoms with van der Waals surface area (Å²) in [5, 5.41) is 8.85. The van der Waals surface area contributed by atoms with Crippen LogP contribution >= 0.6 is 0 Å². The van der Waals surface area contributed by atoms with E-state index in [1.807, 2.05) is 0 Å². The van der Waals surface area contributed by atoms with Crippen LogP contribution in [0.5, 0.6) is 5.75 Å². The smallest absolute Gasteiger partial charge is 0.342 e. The Kier molecular flexibility index (Phi) is 3.09. The molecule has 0 atom stereocenters. The van der Waals surface area contributed by atoms with Gasteiger partial charge in [0, 0.05) is 11.9 Å². The molecule has 0 spiro atoms. The third-order valence-corrected chi connectivity index (χ3v) is 2.40. The van der Waals surface area contributed by atoms with Gasteiger partial charge in [-0.25, -0.2) is 4.79 Å². The zero-order chi connectivity index (χ0) is 13.1. The summed E-state index contributed by atoms with van der Waals surface area (Å²) in [6.07, 6.45) is 2.51. The summed E-state index contributed by atoms with van der Waals surface area (Å²) < 4.78 is 6.48. The van der Waals surface area contributed by atoms with Crippen LogP contribution < -0.4 is 10.3 Å². The normalized spacial score (nSPS) is 10.1. The Morgan fingerprint density at radius 3 is 2.56 bits per heavy atom. The molecule has 0 radical (unpaired) electrons. The number of ether oxygens (including phenoxy) is 1. The van der Waals surface area contributed by atoms with Crippen LogP contribution in [0.4, 0.5) is 0 Å². The Bertz CT molecular complexity index is 631. The minimum Gasteiger partial charge on any atom is -0.497 e. The van der Waals surface area contributed by atoms with Gasteiger partial charge in [0.05, 0.1) is 7.11 Å². The third-order valence-electron chi connectivity index (χ3n) is 2.40. The number of aromatic carboxylic acids is 1. The molecule has 0 fully saturated rings. The van der Waals surface area contributed by atoms with E-state index in [0.29, 0.717) is 11.4 Å². The van der Waals surface area contributed by atoms with Gasteiger partial charge in [0.15, 0.2) is 0 Å². The highest BCUT2D eigenvalue weighted by Crippen LogP contribution is 2.14. The van der Waals surface area contributed by atoms with Gasteiger partial charge in [-0.2, -0.15) is 4.98 Å². The molecular weight excluding hydrogens is 236 g/mol. The maximum Gasteiger partial charge on any atom is 0.342 e. The molecule has 1 heterocycles. The molecule has 6 nitrogen and oxygen atoms in total. The number of hydrogen-bond acceptors (Lipinski definition) is 4. The fourth-order valence-electron chi connectivity index (χ4n) is 1.45. The molecule has 1 N–H and O–H groups in total. The monoisotopic (exact) mass is 246 g/mol. The molecule has 0 aliphatic carbocycles. The average Bonchev–Trinajstić information content (AvgIpc) is 2.39. The molecule has 0 saturated heterocycles. The molecule has 0 saturated carbocycles. The zero-order valence-corrected chi connectivity index (χ0v) is 9.53. The first-order valence-corrected chi connectivity index (χ1v) is 5.08. The van der Waals surface area contributed by atoms with Gasteiger partial charge in [-0.1, -0.05) is 0 Å². The van der Waals surface area contributed by atoms with Crippen LogP contribution in [0.15, 0.2) is 41.6 Å². The lowest BCUT2D eigenvalue weighted by atomic mass is 10.3. The van der Waals surface area contributed by atoms with Crippen molar-refractivity contribution in [2.45, 2.75) is 0 Å². The second-order valence-corrected chi connectivity index (χ2v) is 3.50. The number of rotatable bonds is 3. The number of nitrogens with zero attached hydrogens (tertiary/aromatic N) is 2. The Morgan fingerprint density at radius 2 is 2.00 bits per heavy atom. The third kappa shape index (κ3) is 2.22. The molecule has 0 aliphatic heterocycles. The van der Waals surface area contributed by atoms with Crippen molar-refractivity contribution in [1.82, 2.24) is 9.55 Å². The van der Waals surface area contributed by atoms with Crippen molar-refractivity contribution in [2.24, 2.45) is 0 Å². The van der Waals surface area contributed by atoms with Gasteiger partial charge in [0.2, 0.25) is 0 Å². The molecule has 1 aromatic carbocycles. The van der Waals surface area contributed by atoms with Crippen LogP contribution in [0.1, 0.15) is 10.4 Å². The van der Waals surface area contributed by atoms with Crippen molar-refractivity contribution in [3.8, 4) is 11.4 Å². The second-order valence-electron chi connectivity index (χ2n) is 3.50. The summed E-state index contributed by atoms with van der Waals surface area (Å²) in [5.41, 5.74) is -0.439. The van der Waals surface area contributed by atoms with Gasteiger partial charge < -0.3 is 14.4 Å². The van der Waals surface area contributed by atoms with Crippen molar-refractivity contribution >= 4 is 5.97 Å². The van der Waals surface area contributed by atoms with Crippen LogP contribution in [0.25, 0.3) is 5.69 Å². The molecular formula is C12H10N2O4. The lowest BCUT2D eigenvalue weighted by Gasteiger charge is -2.07. The van der Waals surface area contributed by atoms with Gasteiger partial charge in [-0.3, -0.25) is 4.79 Å². The lowest BCUT2D eigenvalue weighted by molar-refractivity contribution is 0.0694. The first kappa shape index (κ1) is 11.8. The number of aromatic nitrogens is 2.